The van der Waals surface area contributed by atoms with Gasteiger partial charge in [-0.15, -0.1) is 0 Å². The molecule has 0 radical (unpaired) electrons. The van der Waals surface area contributed by atoms with Crippen LogP contribution in [0.2, 0.25) is 0 Å². The van der Waals surface area contributed by atoms with Crippen molar-refractivity contribution in [3.05, 3.63) is 69.6 Å². The lowest BCUT2D eigenvalue weighted by atomic mass is 10.0. The minimum absolute atomic E-state index is 0.281. The molecule has 0 saturated heterocycles. The molecule has 3 rings (SSSR count). The van der Waals surface area contributed by atoms with Gasteiger partial charge in [0.05, 0.1) is 6.04 Å². The fraction of sp³-hybridized carbons (Fsp3) is 0.125. The Morgan fingerprint density at radius 1 is 1.15 bits per heavy atom. The summed E-state index contributed by atoms with van der Waals surface area (Å²) in [6.07, 6.45) is 0. The molecule has 20 heavy (non-hydrogen) atoms. The Morgan fingerprint density at radius 2 is 1.95 bits per heavy atom. The van der Waals surface area contributed by atoms with E-state index in [1.54, 1.807) is 12.1 Å². The number of furan rings is 1. The molecule has 0 aliphatic rings. The van der Waals surface area contributed by atoms with Crippen LogP contribution in [-0.4, -0.2) is 0 Å². The maximum Gasteiger partial charge on any atom is 0.134 e. The average molecular weight is 334 g/mol. The molecule has 2 nitrogen and oxygen atoms in total. The normalized spacial score (nSPS) is 12.8. The summed E-state index contributed by atoms with van der Waals surface area (Å²) in [6, 6.07) is 11.9. The molecule has 2 aromatic carbocycles. The van der Waals surface area contributed by atoms with E-state index in [4.69, 9.17) is 10.2 Å². The van der Waals surface area contributed by atoms with Gasteiger partial charge < -0.3 is 10.2 Å². The molecule has 0 aliphatic carbocycles. The Bertz CT molecular complexity index is 761. The van der Waals surface area contributed by atoms with Gasteiger partial charge in [-0.25, -0.2) is 4.39 Å². The number of fused-ring (bicyclic) bond motifs is 1. The lowest BCUT2D eigenvalue weighted by molar-refractivity contribution is 0.524. The summed E-state index contributed by atoms with van der Waals surface area (Å²) in [5.41, 5.74) is 8.96. The minimum Gasteiger partial charge on any atom is -0.459 e. The third-order valence-corrected chi connectivity index (χ3v) is 3.69. The summed E-state index contributed by atoms with van der Waals surface area (Å²) in [4.78, 5) is 0. The van der Waals surface area contributed by atoms with Crippen molar-refractivity contribution in [2.24, 2.45) is 5.73 Å². The van der Waals surface area contributed by atoms with E-state index in [2.05, 4.69) is 15.9 Å². The lowest BCUT2D eigenvalue weighted by Gasteiger charge is -2.10. The number of hydrogen-bond acceptors (Lipinski definition) is 2. The number of benzene rings is 2. The van der Waals surface area contributed by atoms with Crippen molar-refractivity contribution < 1.29 is 8.81 Å². The molecule has 1 aromatic heterocycles. The van der Waals surface area contributed by atoms with Gasteiger partial charge in [0.2, 0.25) is 0 Å². The SMILES string of the molecule is Cc1cc(Br)cc(C(N)c2cc3cc(F)ccc3o2)c1. The van der Waals surface area contributed by atoms with E-state index in [9.17, 15) is 4.39 Å². The molecule has 3 aromatic rings. The Hall–Kier alpha value is -1.65. The van der Waals surface area contributed by atoms with Crippen molar-refractivity contribution in [1.82, 2.24) is 0 Å². The maximum absolute atomic E-state index is 13.2. The van der Waals surface area contributed by atoms with Gasteiger partial charge in [-0.2, -0.15) is 0 Å². The zero-order chi connectivity index (χ0) is 14.3. The summed E-state index contributed by atoms with van der Waals surface area (Å²) in [5.74, 6) is 0.347. The van der Waals surface area contributed by atoms with Crippen molar-refractivity contribution in [3.63, 3.8) is 0 Å². The van der Waals surface area contributed by atoms with Crippen LogP contribution in [0.1, 0.15) is 22.9 Å². The molecule has 0 bridgehead atoms. The monoisotopic (exact) mass is 333 g/mol. The van der Waals surface area contributed by atoms with E-state index >= 15 is 0 Å². The van der Waals surface area contributed by atoms with Crippen LogP contribution in [-0.2, 0) is 0 Å². The average Bonchev–Trinajstić information content (AvgIpc) is 2.79. The molecule has 0 spiro atoms. The predicted molar refractivity (Wildman–Crippen MR) is 81.1 cm³/mol. The van der Waals surface area contributed by atoms with Crippen molar-refractivity contribution in [2.45, 2.75) is 13.0 Å². The third kappa shape index (κ3) is 2.49. The van der Waals surface area contributed by atoms with Crippen LogP contribution in [0.4, 0.5) is 4.39 Å². The first-order valence-electron chi connectivity index (χ1n) is 6.24. The Labute approximate surface area is 124 Å². The highest BCUT2D eigenvalue weighted by Gasteiger charge is 2.15. The fourth-order valence-electron chi connectivity index (χ4n) is 2.30. The maximum atomic E-state index is 13.2. The van der Waals surface area contributed by atoms with Gasteiger partial charge in [0.1, 0.15) is 17.2 Å². The summed E-state index contributed by atoms with van der Waals surface area (Å²) < 4.78 is 19.9. The summed E-state index contributed by atoms with van der Waals surface area (Å²) in [5, 5.41) is 0.724. The van der Waals surface area contributed by atoms with Gasteiger partial charge in [0.15, 0.2) is 0 Å². The fourth-order valence-corrected chi connectivity index (χ4v) is 2.92. The first kappa shape index (κ1) is 13.3. The summed E-state index contributed by atoms with van der Waals surface area (Å²) >= 11 is 3.46. The second-order valence-corrected chi connectivity index (χ2v) is 5.79. The van der Waals surface area contributed by atoms with Crippen LogP contribution in [0, 0.1) is 12.7 Å². The van der Waals surface area contributed by atoms with Gasteiger partial charge in [0.25, 0.3) is 0 Å². The zero-order valence-corrected chi connectivity index (χ0v) is 12.4. The first-order chi connectivity index (χ1) is 9.52. The Kier molecular flexibility index (Phi) is 3.36. The highest BCUT2D eigenvalue weighted by atomic mass is 79.9. The minimum atomic E-state index is -0.373. The van der Waals surface area contributed by atoms with E-state index in [1.807, 2.05) is 25.1 Å². The van der Waals surface area contributed by atoms with Gasteiger partial charge in [0, 0.05) is 9.86 Å². The Morgan fingerprint density at radius 3 is 2.70 bits per heavy atom. The largest absolute Gasteiger partial charge is 0.459 e. The van der Waals surface area contributed by atoms with Gasteiger partial charge in [-0.3, -0.25) is 0 Å². The second-order valence-electron chi connectivity index (χ2n) is 4.87. The molecular weight excluding hydrogens is 321 g/mol. The second kappa shape index (κ2) is 5.04. The van der Waals surface area contributed by atoms with Crippen LogP contribution < -0.4 is 5.73 Å². The number of aryl methyl sites for hydroxylation is 1. The number of halogens is 2. The molecule has 0 fully saturated rings. The van der Waals surface area contributed by atoms with Crippen molar-refractivity contribution in [3.8, 4) is 0 Å². The molecular formula is C16H13BrFNO. The summed E-state index contributed by atoms with van der Waals surface area (Å²) in [7, 11) is 0. The first-order valence-corrected chi connectivity index (χ1v) is 7.04. The topological polar surface area (TPSA) is 39.2 Å². The van der Waals surface area contributed by atoms with Crippen LogP contribution in [0.3, 0.4) is 0 Å². The smallest absolute Gasteiger partial charge is 0.134 e. The van der Waals surface area contributed by atoms with Crippen LogP contribution in [0.15, 0.2) is 51.4 Å². The molecule has 0 amide bonds. The van der Waals surface area contributed by atoms with E-state index in [0.717, 1.165) is 21.0 Å². The summed E-state index contributed by atoms with van der Waals surface area (Å²) in [6.45, 7) is 2.01. The number of nitrogens with two attached hydrogens (primary N) is 1. The lowest BCUT2D eigenvalue weighted by Crippen LogP contribution is -2.11. The number of rotatable bonds is 2. The van der Waals surface area contributed by atoms with Gasteiger partial charge in [-0.05, 0) is 54.4 Å². The molecule has 2 N–H and O–H groups in total. The van der Waals surface area contributed by atoms with E-state index in [-0.39, 0.29) is 11.9 Å². The van der Waals surface area contributed by atoms with Crippen molar-refractivity contribution in [1.29, 1.82) is 0 Å². The quantitative estimate of drug-likeness (QED) is 0.738. The molecule has 0 aliphatic heterocycles. The van der Waals surface area contributed by atoms with Crippen molar-refractivity contribution >= 4 is 26.9 Å². The molecule has 1 heterocycles. The molecule has 4 heteroatoms. The van der Waals surface area contributed by atoms with Crippen LogP contribution in [0.25, 0.3) is 11.0 Å². The van der Waals surface area contributed by atoms with Gasteiger partial charge >= 0.3 is 0 Å². The van der Waals surface area contributed by atoms with Crippen LogP contribution in [0.5, 0.6) is 0 Å². The molecule has 1 unspecified atom stereocenters. The molecule has 102 valence electrons. The van der Waals surface area contributed by atoms with Crippen molar-refractivity contribution in [2.75, 3.05) is 0 Å². The third-order valence-electron chi connectivity index (χ3n) is 3.23. The zero-order valence-electron chi connectivity index (χ0n) is 10.9. The number of hydrogen-bond donors (Lipinski definition) is 1. The van der Waals surface area contributed by atoms with Gasteiger partial charge in [-0.1, -0.05) is 22.0 Å². The highest BCUT2D eigenvalue weighted by Crippen LogP contribution is 2.29. The molecule has 1 atom stereocenters. The molecule has 0 saturated carbocycles. The van der Waals surface area contributed by atoms with E-state index < -0.39 is 0 Å². The van der Waals surface area contributed by atoms with E-state index in [1.165, 1.54) is 12.1 Å². The van der Waals surface area contributed by atoms with Crippen LogP contribution >= 0.6 is 15.9 Å². The van der Waals surface area contributed by atoms with E-state index in [0.29, 0.717) is 11.3 Å². The predicted octanol–water partition coefficient (Wildman–Crippen LogP) is 4.69. The highest BCUT2D eigenvalue weighted by molar-refractivity contribution is 9.10. The Balaban J connectivity index is 2.05. The standard InChI is InChI=1S/C16H13BrFNO/c1-9-4-11(6-12(17)5-9)16(19)15-8-10-7-13(18)2-3-14(10)20-15/h2-8,16H,19H2,1H3.